The topological polar surface area (TPSA) is 113 Å². The van der Waals surface area contributed by atoms with Gasteiger partial charge in [0.25, 0.3) is 0 Å². The number of halogens is 1. The minimum atomic E-state index is -0.835. The summed E-state index contributed by atoms with van der Waals surface area (Å²) in [6, 6.07) is 1.34. The van der Waals surface area contributed by atoms with Crippen LogP contribution in [-0.4, -0.2) is 67.0 Å². The average Bonchev–Trinajstić information content (AvgIpc) is 3.38. The van der Waals surface area contributed by atoms with E-state index in [1.54, 1.807) is 18.5 Å². The first-order valence-corrected chi connectivity index (χ1v) is 12.2. The van der Waals surface area contributed by atoms with Gasteiger partial charge in [-0.25, -0.2) is 9.07 Å². The van der Waals surface area contributed by atoms with E-state index in [1.807, 2.05) is 27.0 Å². The Hall–Kier alpha value is -2.88. The summed E-state index contributed by atoms with van der Waals surface area (Å²) in [6.07, 6.45) is 4.82. The largest absolute Gasteiger partial charge is 0.391 e. The molecule has 2 N–H and O–H groups in total. The van der Waals surface area contributed by atoms with Crippen molar-refractivity contribution in [3.63, 3.8) is 0 Å². The maximum absolute atomic E-state index is 14.3. The van der Waals surface area contributed by atoms with Crippen molar-refractivity contribution in [2.24, 2.45) is 5.41 Å². The van der Waals surface area contributed by atoms with Crippen molar-refractivity contribution >= 4 is 11.8 Å². The summed E-state index contributed by atoms with van der Waals surface area (Å²) in [7, 11) is 0. The number of hydrogen-bond donors (Lipinski definition) is 2. The highest BCUT2D eigenvalue weighted by Crippen LogP contribution is 2.40. The molecule has 0 radical (unpaired) electrons. The lowest BCUT2D eigenvalue weighted by molar-refractivity contribution is -0.144. The fourth-order valence-corrected chi connectivity index (χ4v) is 4.72. The maximum atomic E-state index is 14.3. The second kappa shape index (κ2) is 9.29. The lowest BCUT2D eigenvalue weighted by Crippen LogP contribution is -2.51. The number of hydrogen-bond acceptors (Lipinski definition) is 6. The number of aliphatic hydroxyl groups is 1. The number of rotatable bonds is 7. The van der Waals surface area contributed by atoms with Crippen molar-refractivity contribution in [1.82, 2.24) is 30.2 Å². The van der Waals surface area contributed by atoms with Crippen molar-refractivity contribution in [2.75, 3.05) is 13.1 Å². The van der Waals surface area contributed by atoms with E-state index in [1.165, 1.54) is 23.2 Å². The number of aliphatic hydroxyl groups excluding tert-OH is 1. The Labute approximate surface area is 205 Å². The average molecular weight is 487 g/mol. The number of amides is 2. The number of carbonyl (C=O) groups is 2. The van der Waals surface area contributed by atoms with E-state index >= 15 is 0 Å². The van der Waals surface area contributed by atoms with Crippen LogP contribution in [0.25, 0.3) is 0 Å². The molecule has 1 aliphatic carbocycles. The molecular formula is C25H35FN6O3. The Morgan fingerprint density at radius 1 is 1.26 bits per heavy atom. The maximum Gasteiger partial charge on any atom is 0.248 e. The number of aromatic nitrogens is 4. The molecule has 4 rings (SSSR count). The van der Waals surface area contributed by atoms with E-state index in [0.29, 0.717) is 5.92 Å². The van der Waals surface area contributed by atoms with Crippen LogP contribution in [0.2, 0.25) is 0 Å². The minimum absolute atomic E-state index is 0.0614. The van der Waals surface area contributed by atoms with Crippen molar-refractivity contribution in [3.8, 4) is 0 Å². The van der Waals surface area contributed by atoms with E-state index in [0.717, 1.165) is 18.5 Å². The van der Waals surface area contributed by atoms with Gasteiger partial charge in [0.1, 0.15) is 17.9 Å². The highest BCUT2D eigenvalue weighted by atomic mass is 19.1. The lowest BCUT2D eigenvalue weighted by Gasteiger charge is -2.35. The SMILES string of the molecule is CC(C)(CNC(=O)C1CC(O)CN1C(=O)[C@@H](n1cc(C2CC2)nn1)C(C)(C)C)c1ncccc1F. The molecule has 2 aromatic heterocycles. The highest BCUT2D eigenvalue weighted by Gasteiger charge is 2.45. The first-order valence-electron chi connectivity index (χ1n) is 12.2. The predicted molar refractivity (Wildman–Crippen MR) is 127 cm³/mol. The van der Waals surface area contributed by atoms with E-state index < -0.39 is 34.8 Å². The monoisotopic (exact) mass is 486 g/mol. The van der Waals surface area contributed by atoms with Crippen LogP contribution in [0.4, 0.5) is 4.39 Å². The highest BCUT2D eigenvalue weighted by molar-refractivity contribution is 5.90. The molecule has 35 heavy (non-hydrogen) atoms. The Morgan fingerprint density at radius 3 is 2.60 bits per heavy atom. The minimum Gasteiger partial charge on any atom is -0.391 e. The lowest BCUT2D eigenvalue weighted by atomic mass is 9.85. The molecule has 0 spiro atoms. The molecule has 2 fully saturated rings. The molecule has 2 unspecified atom stereocenters. The third kappa shape index (κ3) is 5.37. The molecule has 1 saturated carbocycles. The van der Waals surface area contributed by atoms with E-state index in [-0.39, 0.29) is 37.0 Å². The summed E-state index contributed by atoms with van der Waals surface area (Å²) in [5.74, 6) is -0.703. The van der Waals surface area contributed by atoms with Crippen LogP contribution in [0.5, 0.6) is 0 Å². The van der Waals surface area contributed by atoms with Crippen LogP contribution in [0.15, 0.2) is 24.5 Å². The normalized spacial score (nSPS) is 21.7. The van der Waals surface area contributed by atoms with Gasteiger partial charge in [-0.3, -0.25) is 14.6 Å². The molecule has 0 bridgehead atoms. The van der Waals surface area contributed by atoms with Gasteiger partial charge in [-0.05, 0) is 30.4 Å². The summed E-state index contributed by atoms with van der Waals surface area (Å²) in [5.41, 5.74) is -0.128. The third-order valence-corrected chi connectivity index (χ3v) is 6.81. The molecule has 190 valence electrons. The van der Waals surface area contributed by atoms with Crippen molar-refractivity contribution in [2.45, 2.75) is 83.4 Å². The predicted octanol–water partition coefficient (Wildman–Crippen LogP) is 2.33. The van der Waals surface area contributed by atoms with Crippen LogP contribution < -0.4 is 5.32 Å². The third-order valence-electron chi connectivity index (χ3n) is 6.81. The van der Waals surface area contributed by atoms with Crippen LogP contribution >= 0.6 is 0 Å². The molecule has 10 heteroatoms. The Kier molecular flexibility index (Phi) is 6.70. The summed E-state index contributed by atoms with van der Waals surface area (Å²) < 4.78 is 15.9. The second-order valence-electron chi connectivity index (χ2n) is 11.5. The standard InChI is InChI=1S/C25H35FN6O3/c1-24(2,3)21(32-13-18(29-30-32)15-8-9-15)23(35)31-12-16(33)11-19(31)22(34)28-14-25(4,5)20-17(26)7-6-10-27-20/h6-7,10,13,15-16,19,21,33H,8-9,11-12,14H2,1-5H3,(H,28,34)/t16?,19?,21-/m1/s1. The molecule has 1 saturated heterocycles. The number of nitrogens with one attached hydrogen (secondary N) is 1. The Morgan fingerprint density at radius 2 is 1.97 bits per heavy atom. The van der Waals surface area contributed by atoms with Crippen molar-refractivity contribution in [3.05, 3.63) is 41.7 Å². The van der Waals surface area contributed by atoms with Crippen LogP contribution in [0.3, 0.4) is 0 Å². The summed E-state index contributed by atoms with van der Waals surface area (Å²) in [4.78, 5) is 32.6. The molecule has 9 nitrogen and oxygen atoms in total. The van der Waals surface area contributed by atoms with E-state index in [2.05, 4.69) is 20.6 Å². The number of likely N-dealkylation sites (tertiary alicyclic amines) is 1. The first-order chi connectivity index (χ1) is 16.4. The van der Waals surface area contributed by atoms with Gasteiger partial charge in [0.2, 0.25) is 11.8 Å². The summed E-state index contributed by atoms with van der Waals surface area (Å²) in [6.45, 7) is 9.61. The molecule has 2 aromatic rings. The van der Waals surface area contributed by atoms with Gasteiger partial charge in [-0.1, -0.05) is 39.8 Å². The van der Waals surface area contributed by atoms with E-state index in [4.69, 9.17) is 0 Å². The number of nitrogens with zero attached hydrogens (tertiary/aromatic N) is 5. The van der Waals surface area contributed by atoms with E-state index in [9.17, 15) is 19.1 Å². The Balaban J connectivity index is 1.51. The zero-order valence-electron chi connectivity index (χ0n) is 21.0. The fourth-order valence-electron chi connectivity index (χ4n) is 4.72. The Bertz CT molecular complexity index is 1090. The van der Waals surface area contributed by atoms with Gasteiger partial charge < -0.3 is 15.3 Å². The van der Waals surface area contributed by atoms with Gasteiger partial charge in [0.05, 0.1) is 17.5 Å². The van der Waals surface area contributed by atoms with Crippen LogP contribution in [0.1, 0.15) is 77.2 Å². The molecule has 3 atom stereocenters. The molecular weight excluding hydrogens is 451 g/mol. The molecule has 0 aromatic carbocycles. The first kappa shape index (κ1) is 25.2. The molecule has 1 aliphatic heterocycles. The zero-order valence-corrected chi connectivity index (χ0v) is 21.0. The second-order valence-corrected chi connectivity index (χ2v) is 11.5. The van der Waals surface area contributed by atoms with Crippen LogP contribution in [-0.2, 0) is 15.0 Å². The molecule has 3 heterocycles. The summed E-state index contributed by atoms with van der Waals surface area (Å²) >= 11 is 0. The van der Waals surface area contributed by atoms with Crippen molar-refractivity contribution < 1.29 is 19.1 Å². The van der Waals surface area contributed by atoms with Gasteiger partial charge in [0.15, 0.2) is 0 Å². The molecule has 2 amide bonds. The van der Waals surface area contributed by atoms with Crippen LogP contribution in [0, 0.1) is 11.2 Å². The van der Waals surface area contributed by atoms with Crippen molar-refractivity contribution in [1.29, 1.82) is 0 Å². The summed E-state index contributed by atoms with van der Waals surface area (Å²) in [5, 5.41) is 21.7. The zero-order chi connectivity index (χ0) is 25.5. The fraction of sp³-hybridized carbons (Fsp3) is 0.640. The van der Waals surface area contributed by atoms with Gasteiger partial charge in [0, 0.05) is 43.2 Å². The van der Waals surface area contributed by atoms with Gasteiger partial charge in [-0.2, -0.15) is 0 Å². The quantitative estimate of drug-likeness (QED) is 0.621. The van der Waals surface area contributed by atoms with Gasteiger partial charge in [-0.15, -0.1) is 5.10 Å². The number of β-amino-alcohol motifs (C(OH)–C–C–N with tert-alkyl or cyclic N) is 1. The molecule has 2 aliphatic rings. The smallest absolute Gasteiger partial charge is 0.248 e. The van der Waals surface area contributed by atoms with Gasteiger partial charge >= 0.3 is 0 Å². The number of carbonyl (C=O) groups excluding carboxylic acids is 2. The number of pyridine rings is 1.